The van der Waals surface area contributed by atoms with E-state index in [9.17, 15) is 9.36 Å². The molecule has 0 aliphatic carbocycles. The van der Waals surface area contributed by atoms with Crippen LogP contribution in [0.2, 0.25) is 0 Å². The molecule has 1 unspecified atom stereocenters. The lowest BCUT2D eigenvalue weighted by atomic mass is 10.2. The molecule has 0 spiro atoms. The van der Waals surface area contributed by atoms with Crippen molar-refractivity contribution in [3.05, 3.63) is 17.7 Å². The van der Waals surface area contributed by atoms with Gasteiger partial charge in [0.15, 0.2) is 0 Å². The van der Waals surface area contributed by atoms with Gasteiger partial charge < -0.3 is 9.72 Å². The van der Waals surface area contributed by atoms with E-state index in [4.69, 9.17) is 4.74 Å². The Bertz CT molecular complexity index is 478. The van der Waals surface area contributed by atoms with Crippen LogP contribution in [0, 0.1) is 0 Å². The molecule has 0 aromatic carbocycles. The van der Waals surface area contributed by atoms with Crippen LogP contribution in [-0.2, 0) is 22.3 Å². The van der Waals surface area contributed by atoms with Gasteiger partial charge in [-0.2, -0.15) is 0 Å². The number of nitrogens with one attached hydrogen (secondary N) is 1. The lowest BCUT2D eigenvalue weighted by Crippen LogP contribution is -2.29. The Balaban J connectivity index is 2.01. The zero-order valence-corrected chi connectivity index (χ0v) is 11.8. The molecule has 18 heavy (non-hydrogen) atoms. The molecule has 0 saturated carbocycles. The number of imidazole rings is 1. The van der Waals surface area contributed by atoms with Gasteiger partial charge in [0.25, 0.3) is 0 Å². The average molecular weight is 271 g/mol. The summed E-state index contributed by atoms with van der Waals surface area (Å²) in [6.07, 6.45) is 2.33. The minimum absolute atomic E-state index is 0.465. The van der Waals surface area contributed by atoms with Crippen molar-refractivity contribution in [2.24, 2.45) is 0 Å². The van der Waals surface area contributed by atoms with Crippen molar-refractivity contribution in [1.29, 1.82) is 0 Å². The summed E-state index contributed by atoms with van der Waals surface area (Å²) >= 11 is 0. The van der Waals surface area contributed by atoms with Crippen molar-refractivity contribution >= 4 is 13.7 Å². The van der Waals surface area contributed by atoms with E-state index in [1.807, 2.05) is 0 Å². The first kappa shape index (κ1) is 13.3. The molecule has 2 rings (SSSR count). The maximum Gasteiger partial charge on any atom is 0.376 e. The number of fused-ring (bicyclic) bond motifs is 1. The minimum atomic E-state index is -2.55. The number of aromatic amines is 1. The summed E-state index contributed by atoms with van der Waals surface area (Å²) in [6.45, 7) is 6.34. The molecular weight excluding hydrogens is 253 g/mol. The number of aromatic nitrogens is 2. The standard InChI is InChI=1S/C11H18N3O3P/c1-11(2,3)17-10(15)18(16)14-5-4-8-9(6-14)13-7-12-8/h7,18H,4-6H2,1-3H3,(H,12,13). The third kappa shape index (κ3) is 3.00. The van der Waals surface area contributed by atoms with Gasteiger partial charge in [-0.1, -0.05) is 0 Å². The van der Waals surface area contributed by atoms with Gasteiger partial charge in [0, 0.05) is 19.5 Å². The van der Waals surface area contributed by atoms with Crippen LogP contribution < -0.4 is 0 Å². The zero-order valence-electron chi connectivity index (χ0n) is 10.8. The second kappa shape index (κ2) is 4.86. The van der Waals surface area contributed by atoms with Crippen LogP contribution in [0.4, 0.5) is 4.79 Å². The molecule has 1 aliphatic heterocycles. The molecule has 1 atom stereocenters. The second-order valence-electron chi connectivity index (χ2n) is 5.31. The highest BCUT2D eigenvalue weighted by atomic mass is 31.1. The Kier molecular flexibility index (Phi) is 3.59. The van der Waals surface area contributed by atoms with Crippen molar-refractivity contribution < 1.29 is 14.1 Å². The molecule has 0 radical (unpaired) electrons. The highest BCUT2D eigenvalue weighted by Crippen LogP contribution is 2.35. The molecule has 0 fully saturated rings. The van der Waals surface area contributed by atoms with Gasteiger partial charge in [0.2, 0.25) is 7.95 Å². The van der Waals surface area contributed by atoms with Crippen molar-refractivity contribution in [2.45, 2.75) is 39.3 Å². The van der Waals surface area contributed by atoms with E-state index < -0.39 is 19.3 Å². The monoisotopic (exact) mass is 271 g/mol. The van der Waals surface area contributed by atoms with Crippen LogP contribution >= 0.6 is 7.95 Å². The number of carbonyl (C=O) groups excluding carboxylic acids is 1. The van der Waals surface area contributed by atoms with Gasteiger partial charge >= 0.3 is 5.71 Å². The number of H-pyrrole nitrogens is 1. The average Bonchev–Trinajstić information content (AvgIpc) is 2.72. The van der Waals surface area contributed by atoms with Crippen LogP contribution in [0.25, 0.3) is 0 Å². The van der Waals surface area contributed by atoms with Crippen molar-refractivity contribution in [2.75, 3.05) is 6.54 Å². The van der Waals surface area contributed by atoms with E-state index in [0.29, 0.717) is 19.5 Å². The highest BCUT2D eigenvalue weighted by Gasteiger charge is 2.29. The van der Waals surface area contributed by atoms with Crippen LogP contribution in [0.1, 0.15) is 32.2 Å². The number of hydrogen-bond donors (Lipinski definition) is 1. The van der Waals surface area contributed by atoms with E-state index in [1.54, 1.807) is 31.8 Å². The van der Waals surface area contributed by atoms with Gasteiger partial charge in [-0.15, -0.1) is 0 Å². The Morgan fingerprint density at radius 3 is 2.94 bits per heavy atom. The lowest BCUT2D eigenvalue weighted by Gasteiger charge is -2.26. The summed E-state index contributed by atoms with van der Waals surface area (Å²) in [7, 11) is -2.55. The summed E-state index contributed by atoms with van der Waals surface area (Å²) in [6, 6.07) is 0. The molecule has 100 valence electrons. The van der Waals surface area contributed by atoms with Gasteiger partial charge in [-0.25, -0.2) is 14.4 Å². The van der Waals surface area contributed by atoms with E-state index in [1.165, 1.54) is 0 Å². The smallest absolute Gasteiger partial charge is 0.376 e. The number of rotatable bonds is 2. The number of nitrogens with zero attached hydrogens (tertiary/aromatic N) is 2. The van der Waals surface area contributed by atoms with E-state index in [-0.39, 0.29) is 0 Å². The quantitative estimate of drug-likeness (QED) is 0.834. The fourth-order valence-electron chi connectivity index (χ4n) is 1.84. The molecule has 0 saturated heterocycles. The Morgan fingerprint density at radius 1 is 1.56 bits per heavy atom. The van der Waals surface area contributed by atoms with Crippen LogP contribution in [0.5, 0.6) is 0 Å². The summed E-state index contributed by atoms with van der Waals surface area (Å²) in [5.41, 5.74) is 0.704. The SMILES string of the molecule is CC(C)(C)OC(=O)[PH](=O)N1CCc2nc[nH]c2C1. The fourth-order valence-corrected chi connectivity index (χ4v) is 3.10. The molecule has 1 aliphatic rings. The molecule has 7 heteroatoms. The lowest BCUT2D eigenvalue weighted by molar-refractivity contribution is 0.0709. The predicted molar refractivity (Wildman–Crippen MR) is 67.9 cm³/mol. The summed E-state index contributed by atoms with van der Waals surface area (Å²) < 4.78 is 18.9. The first-order chi connectivity index (χ1) is 8.37. The Hall–Kier alpha value is -1.13. The Morgan fingerprint density at radius 2 is 2.28 bits per heavy atom. The maximum absolute atomic E-state index is 12.1. The van der Waals surface area contributed by atoms with E-state index >= 15 is 0 Å². The second-order valence-corrected chi connectivity index (χ2v) is 6.96. The van der Waals surface area contributed by atoms with Crippen LogP contribution in [0.3, 0.4) is 0 Å². The first-order valence-corrected chi connectivity index (χ1v) is 7.26. The largest absolute Gasteiger partial charge is 0.454 e. The zero-order chi connectivity index (χ0) is 13.3. The fraction of sp³-hybridized carbons (Fsp3) is 0.636. The van der Waals surface area contributed by atoms with Crippen LogP contribution in [0.15, 0.2) is 6.33 Å². The van der Waals surface area contributed by atoms with E-state index in [2.05, 4.69) is 9.97 Å². The molecular formula is C11H18N3O3P. The third-order valence-electron chi connectivity index (χ3n) is 2.64. The molecule has 1 aromatic rings. The van der Waals surface area contributed by atoms with Gasteiger partial charge in [-0.3, -0.25) is 4.57 Å². The summed E-state index contributed by atoms with van der Waals surface area (Å²) in [4.78, 5) is 18.9. The predicted octanol–water partition coefficient (Wildman–Crippen LogP) is 2.18. The number of hydrogen-bond acceptors (Lipinski definition) is 4. The van der Waals surface area contributed by atoms with Crippen LogP contribution in [-0.4, -0.2) is 32.5 Å². The van der Waals surface area contributed by atoms with Gasteiger partial charge in [-0.05, 0) is 20.8 Å². The molecule has 0 bridgehead atoms. The minimum Gasteiger partial charge on any atom is -0.454 e. The first-order valence-electron chi connectivity index (χ1n) is 5.90. The maximum atomic E-state index is 12.1. The molecule has 0 amide bonds. The van der Waals surface area contributed by atoms with E-state index in [0.717, 1.165) is 11.4 Å². The number of ether oxygens (including phenoxy) is 1. The summed E-state index contributed by atoms with van der Waals surface area (Å²) in [5, 5.41) is 0. The normalized spacial score (nSPS) is 18.2. The highest BCUT2D eigenvalue weighted by molar-refractivity contribution is 7.60. The molecule has 1 aromatic heterocycles. The summed E-state index contributed by atoms with van der Waals surface area (Å²) in [5.74, 6) is 0. The molecule has 1 N–H and O–H groups in total. The molecule has 2 heterocycles. The topological polar surface area (TPSA) is 75.3 Å². The van der Waals surface area contributed by atoms with Crippen molar-refractivity contribution in [3.8, 4) is 0 Å². The van der Waals surface area contributed by atoms with Crippen molar-refractivity contribution in [1.82, 2.24) is 14.6 Å². The molecule has 6 nitrogen and oxygen atoms in total. The van der Waals surface area contributed by atoms with Gasteiger partial charge in [0.05, 0.1) is 17.7 Å². The van der Waals surface area contributed by atoms with Gasteiger partial charge in [0.1, 0.15) is 5.60 Å². The Labute approximate surface area is 107 Å². The third-order valence-corrected chi connectivity index (χ3v) is 4.04. The van der Waals surface area contributed by atoms with Crippen molar-refractivity contribution in [3.63, 3.8) is 0 Å². The number of carbonyl (C=O) groups is 1.